The highest BCUT2D eigenvalue weighted by atomic mass is 14.8. The number of rotatable bonds is 5. The van der Waals surface area contributed by atoms with Crippen molar-refractivity contribution < 1.29 is 0 Å². The van der Waals surface area contributed by atoms with Crippen molar-refractivity contribution in [2.24, 2.45) is 23.2 Å². The van der Waals surface area contributed by atoms with Crippen LogP contribution in [0.3, 0.4) is 0 Å². The van der Waals surface area contributed by atoms with Gasteiger partial charge in [0.05, 0.1) is 0 Å². The summed E-state index contributed by atoms with van der Waals surface area (Å²) in [5, 5.41) is 3.46. The van der Waals surface area contributed by atoms with Gasteiger partial charge in [0.2, 0.25) is 0 Å². The zero-order valence-electron chi connectivity index (χ0n) is 10.7. The second kappa shape index (κ2) is 4.45. The molecule has 0 amide bonds. The summed E-state index contributed by atoms with van der Waals surface area (Å²) in [6, 6.07) is 0. The molecule has 0 aromatic heterocycles. The summed E-state index contributed by atoms with van der Waals surface area (Å²) in [7, 11) is 2.13. The Labute approximate surface area is 95.0 Å². The molecule has 15 heavy (non-hydrogen) atoms. The van der Waals surface area contributed by atoms with Crippen LogP contribution < -0.4 is 5.32 Å². The first-order valence-electron chi connectivity index (χ1n) is 6.85. The van der Waals surface area contributed by atoms with Gasteiger partial charge in [-0.1, -0.05) is 26.7 Å². The lowest BCUT2D eigenvalue weighted by molar-refractivity contribution is 0.121. The van der Waals surface area contributed by atoms with E-state index in [1.54, 1.807) is 0 Å². The van der Waals surface area contributed by atoms with Crippen LogP contribution in [0.25, 0.3) is 0 Å². The van der Waals surface area contributed by atoms with Crippen molar-refractivity contribution in [1.82, 2.24) is 5.32 Å². The summed E-state index contributed by atoms with van der Waals surface area (Å²) < 4.78 is 0. The van der Waals surface area contributed by atoms with Crippen LogP contribution in [0.1, 0.15) is 52.4 Å². The molecule has 0 spiro atoms. The van der Waals surface area contributed by atoms with Crippen molar-refractivity contribution in [3.63, 3.8) is 0 Å². The summed E-state index contributed by atoms with van der Waals surface area (Å²) in [6.07, 6.45) is 8.91. The van der Waals surface area contributed by atoms with Crippen molar-refractivity contribution in [3.05, 3.63) is 0 Å². The maximum absolute atomic E-state index is 3.46. The zero-order valence-corrected chi connectivity index (χ0v) is 10.7. The van der Waals surface area contributed by atoms with E-state index in [0.717, 1.165) is 17.8 Å². The van der Waals surface area contributed by atoms with E-state index in [-0.39, 0.29) is 0 Å². The molecule has 2 rings (SSSR count). The monoisotopic (exact) mass is 209 g/mol. The molecule has 2 aliphatic rings. The lowest BCUT2D eigenvalue weighted by atomic mass is 9.68. The summed E-state index contributed by atoms with van der Waals surface area (Å²) in [4.78, 5) is 0. The molecule has 0 radical (unpaired) electrons. The Morgan fingerprint density at radius 1 is 1.40 bits per heavy atom. The lowest BCUT2D eigenvalue weighted by Crippen LogP contribution is -2.38. The minimum Gasteiger partial charge on any atom is -0.319 e. The molecule has 2 bridgehead atoms. The van der Waals surface area contributed by atoms with Crippen molar-refractivity contribution in [1.29, 1.82) is 0 Å². The van der Waals surface area contributed by atoms with Gasteiger partial charge in [-0.05, 0) is 55.9 Å². The molecule has 4 unspecified atom stereocenters. The second-order valence-electron chi connectivity index (χ2n) is 6.19. The van der Waals surface area contributed by atoms with Crippen LogP contribution in [0.15, 0.2) is 0 Å². The van der Waals surface area contributed by atoms with Gasteiger partial charge in [0, 0.05) is 6.54 Å². The van der Waals surface area contributed by atoms with E-state index in [9.17, 15) is 0 Å². The van der Waals surface area contributed by atoms with Crippen LogP contribution in [0.4, 0.5) is 0 Å². The predicted molar refractivity (Wildman–Crippen MR) is 65.9 cm³/mol. The lowest BCUT2D eigenvalue weighted by Gasteiger charge is -2.39. The normalized spacial score (nSPS) is 41.0. The number of hydrogen-bond donors (Lipinski definition) is 1. The van der Waals surface area contributed by atoms with Gasteiger partial charge in [-0.3, -0.25) is 0 Å². The molecule has 88 valence electrons. The highest BCUT2D eigenvalue weighted by molar-refractivity contribution is 5.01. The van der Waals surface area contributed by atoms with Gasteiger partial charge in [0.15, 0.2) is 0 Å². The van der Waals surface area contributed by atoms with Gasteiger partial charge in [-0.25, -0.2) is 0 Å². The van der Waals surface area contributed by atoms with E-state index < -0.39 is 0 Å². The highest BCUT2D eigenvalue weighted by Gasteiger charge is 2.50. The third-order valence-electron chi connectivity index (χ3n) is 5.08. The SMILES string of the molecule is CCC(C)CC1(CNC)CC2CCC1C2. The van der Waals surface area contributed by atoms with E-state index in [0.29, 0.717) is 5.41 Å². The molecule has 1 N–H and O–H groups in total. The van der Waals surface area contributed by atoms with E-state index in [1.165, 1.54) is 45.1 Å². The molecular formula is C14H27N. The van der Waals surface area contributed by atoms with Crippen LogP contribution in [-0.2, 0) is 0 Å². The summed E-state index contributed by atoms with van der Waals surface area (Å²) in [5.74, 6) is 3.04. The fourth-order valence-corrected chi connectivity index (χ4v) is 4.29. The summed E-state index contributed by atoms with van der Waals surface area (Å²) in [6.45, 7) is 6.03. The minimum absolute atomic E-state index is 0.674. The summed E-state index contributed by atoms with van der Waals surface area (Å²) in [5.41, 5.74) is 0.674. The number of nitrogens with one attached hydrogen (secondary N) is 1. The Hall–Kier alpha value is -0.0400. The Morgan fingerprint density at radius 2 is 2.20 bits per heavy atom. The van der Waals surface area contributed by atoms with Gasteiger partial charge in [-0.15, -0.1) is 0 Å². The summed E-state index contributed by atoms with van der Waals surface area (Å²) >= 11 is 0. The predicted octanol–water partition coefficient (Wildman–Crippen LogP) is 3.45. The third-order valence-corrected chi connectivity index (χ3v) is 5.08. The fourth-order valence-electron chi connectivity index (χ4n) is 4.29. The van der Waals surface area contributed by atoms with Crippen molar-refractivity contribution in [2.75, 3.05) is 13.6 Å². The third kappa shape index (κ3) is 2.08. The molecule has 0 heterocycles. The average Bonchev–Trinajstić information content (AvgIpc) is 2.78. The van der Waals surface area contributed by atoms with E-state index in [2.05, 4.69) is 26.2 Å². The number of fused-ring (bicyclic) bond motifs is 2. The molecule has 1 heteroatoms. The Balaban J connectivity index is 2.04. The zero-order chi connectivity index (χ0) is 10.9. The van der Waals surface area contributed by atoms with Gasteiger partial charge in [0.25, 0.3) is 0 Å². The van der Waals surface area contributed by atoms with Crippen LogP contribution >= 0.6 is 0 Å². The molecule has 2 saturated carbocycles. The molecule has 0 aromatic carbocycles. The maximum Gasteiger partial charge on any atom is 0.000766 e. The largest absolute Gasteiger partial charge is 0.319 e. The first kappa shape index (κ1) is 11.4. The second-order valence-corrected chi connectivity index (χ2v) is 6.19. The molecule has 2 fully saturated rings. The van der Waals surface area contributed by atoms with E-state index in [4.69, 9.17) is 0 Å². The standard InChI is InChI=1S/C14H27N/c1-4-11(2)8-14(10-15-3)9-12-5-6-13(14)7-12/h11-13,15H,4-10H2,1-3H3. The molecular weight excluding hydrogens is 182 g/mol. The van der Waals surface area contributed by atoms with Crippen LogP contribution in [-0.4, -0.2) is 13.6 Å². The molecule has 2 aliphatic carbocycles. The number of hydrogen-bond acceptors (Lipinski definition) is 1. The van der Waals surface area contributed by atoms with Gasteiger partial charge in [-0.2, -0.15) is 0 Å². The van der Waals surface area contributed by atoms with Crippen LogP contribution in [0.2, 0.25) is 0 Å². The van der Waals surface area contributed by atoms with Crippen LogP contribution in [0.5, 0.6) is 0 Å². The Bertz CT molecular complexity index is 213. The fraction of sp³-hybridized carbons (Fsp3) is 1.00. The Kier molecular flexibility index (Phi) is 3.39. The van der Waals surface area contributed by atoms with Crippen LogP contribution in [0, 0.1) is 23.2 Å². The first-order valence-corrected chi connectivity index (χ1v) is 6.85. The molecule has 4 atom stereocenters. The molecule has 1 nitrogen and oxygen atoms in total. The Morgan fingerprint density at radius 3 is 2.67 bits per heavy atom. The van der Waals surface area contributed by atoms with Crippen molar-refractivity contribution in [3.8, 4) is 0 Å². The smallest absolute Gasteiger partial charge is 0.000766 e. The van der Waals surface area contributed by atoms with Gasteiger partial charge < -0.3 is 5.32 Å². The van der Waals surface area contributed by atoms with Crippen molar-refractivity contribution in [2.45, 2.75) is 52.4 Å². The van der Waals surface area contributed by atoms with E-state index in [1.807, 2.05) is 0 Å². The minimum atomic E-state index is 0.674. The molecule has 0 aliphatic heterocycles. The highest BCUT2D eigenvalue weighted by Crippen LogP contribution is 2.58. The van der Waals surface area contributed by atoms with E-state index >= 15 is 0 Å². The van der Waals surface area contributed by atoms with Crippen molar-refractivity contribution >= 4 is 0 Å². The maximum atomic E-state index is 3.46. The van der Waals surface area contributed by atoms with Gasteiger partial charge >= 0.3 is 0 Å². The topological polar surface area (TPSA) is 12.0 Å². The first-order chi connectivity index (χ1) is 7.20. The molecule has 0 saturated heterocycles. The van der Waals surface area contributed by atoms with Gasteiger partial charge in [0.1, 0.15) is 0 Å². The molecule has 0 aromatic rings. The average molecular weight is 209 g/mol. The quantitative estimate of drug-likeness (QED) is 0.731.